The zero-order valence-electron chi connectivity index (χ0n) is 14.1. The van der Waals surface area contributed by atoms with Crippen LogP contribution in [0.1, 0.15) is 12.5 Å². The molecule has 0 spiro atoms. The monoisotopic (exact) mass is 322 g/mol. The lowest BCUT2D eigenvalue weighted by atomic mass is 10.0. The summed E-state index contributed by atoms with van der Waals surface area (Å²) in [6, 6.07) is 5.94. The van der Waals surface area contributed by atoms with Gasteiger partial charge in [0.15, 0.2) is 6.10 Å². The Bertz CT molecular complexity index is 977. The van der Waals surface area contributed by atoms with Crippen molar-refractivity contribution in [2.45, 2.75) is 20.0 Å². The number of carbonyl (C=O) groups excluding carboxylic acids is 1. The second-order valence-corrected chi connectivity index (χ2v) is 6.22. The van der Waals surface area contributed by atoms with Crippen molar-refractivity contribution >= 4 is 22.5 Å². The van der Waals surface area contributed by atoms with Gasteiger partial charge in [-0.25, -0.2) is 4.98 Å². The molecule has 3 heterocycles. The minimum Gasteiger partial charge on any atom is -0.479 e. The maximum atomic E-state index is 12.2. The van der Waals surface area contributed by atoms with Gasteiger partial charge in [-0.15, -0.1) is 0 Å². The zero-order chi connectivity index (χ0) is 17.0. The Labute approximate surface area is 139 Å². The molecule has 1 atom stereocenters. The molecule has 0 aliphatic carbocycles. The Hall–Kier alpha value is -2.89. The molecule has 0 radical (unpaired) electrons. The third kappa shape index (κ3) is 2.14. The van der Waals surface area contributed by atoms with Crippen molar-refractivity contribution in [3.63, 3.8) is 0 Å². The number of benzene rings is 1. The minimum absolute atomic E-state index is 0.0537. The van der Waals surface area contributed by atoms with Crippen LogP contribution < -0.4 is 9.64 Å². The van der Waals surface area contributed by atoms with E-state index >= 15 is 0 Å². The number of anilines is 1. The average molecular weight is 322 g/mol. The molecule has 0 saturated carbocycles. The van der Waals surface area contributed by atoms with Gasteiger partial charge in [-0.2, -0.15) is 5.10 Å². The van der Waals surface area contributed by atoms with E-state index in [0.29, 0.717) is 0 Å². The predicted molar refractivity (Wildman–Crippen MR) is 92.2 cm³/mol. The Balaban J connectivity index is 1.92. The Kier molecular flexibility index (Phi) is 3.09. The summed E-state index contributed by atoms with van der Waals surface area (Å²) in [4.78, 5) is 18.5. The van der Waals surface area contributed by atoms with Crippen molar-refractivity contribution in [3.8, 4) is 17.0 Å². The lowest BCUT2D eigenvalue weighted by Crippen LogP contribution is -2.41. The van der Waals surface area contributed by atoms with Crippen molar-refractivity contribution < 1.29 is 9.53 Å². The van der Waals surface area contributed by atoms with Gasteiger partial charge in [0.2, 0.25) is 0 Å². The lowest BCUT2D eigenvalue weighted by molar-refractivity contribution is -0.125. The molecule has 6 nitrogen and oxygen atoms in total. The summed E-state index contributed by atoms with van der Waals surface area (Å²) >= 11 is 0. The molecule has 122 valence electrons. The number of carbonyl (C=O) groups is 1. The number of ether oxygens (including phenoxy) is 1. The first-order chi connectivity index (χ1) is 11.4. The summed E-state index contributed by atoms with van der Waals surface area (Å²) in [5.74, 6) is 0.665. The molecule has 1 unspecified atom stereocenters. The second kappa shape index (κ2) is 5.06. The molecule has 1 aliphatic heterocycles. The molecule has 0 fully saturated rings. The van der Waals surface area contributed by atoms with E-state index in [-0.39, 0.29) is 5.91 Å². The zero-order valence-corrected chi connectivity index (χ0v) is 14.1. The van der Waals surface area contributed by atoms with Gasteiger partial charge >= 0.3 is 0 Å². The topological polar surface area (TPSA) is 60.2 Å². The number of aromatic nitrogens is 3. The minimum atomic E-state index is -0.470. The lowest BCUT2D eigenvalue weighted by Gasteiger charge is -2.30. The number of fused-ring (bicyclic) bond motifs is 2. The summed E-state index contributed by atoms with van der Waals surface area (Å²) in [5, 5.41) is 5.23. The van der Waals surface area contributed by atoms with Crippen LogP contribution in [0, 0.1) is 6.92 Å². The SMILES string of the molecule is Cc1cc(-c2cnn(C)c2)nc2cc3c(cc12)OC(C)C(=O)N3C. The molecule has 0 saturated heterocycles. The van der Waals surface area contributed by atoms with Crippen LogP contribution in [-0.4, -0.2) is 33.8 Å². The van der Waals surface area contributed by atoms with Crippen molar-refractivity contribution in [2.24, 2.45) is 7.05 Å². The van der Waals surface area contributed by atoms with E-state index in [1.807, 2.05) is 31.4 Å². The molecule has 2 aromatic heterocycles. The number of pyridine rings is 1. The third-order valence-corrected chi connectivity index (χ3v) is 4.44. The van der Waals surface area contributed by atoms with Crippen molar-refractivity contribution in [3.05, 3.63) is 36.2 Å². The normalized spacial score (nSPS) is 17.1. The molecule has 1 aromatic carbocycles. The van der Waals surface area contributed by atoms with Crippen LogP contribution in [0.2, 0.25) is 0 Å². The van der Waals surface area contributed by atoms with Gasteiger partial charge in [-0.1, -0.05) is 0 Å². The van der Waals surface area contributed by atoms with Gasteiger partial charge in [0.05, 0.1) is 23.1 Å². The molecule has 0 bridgehead atoms. The van der Waals surface area contributed by atoms with Crippen LogP contribution in [0.5, 0.6) is 5.75 Å². The number of nitrogens with zero attached hydrogens (tertiary/aromatic N) is 4. The standard InChI is InChI=1S/C18H18N4O2/c1-10-5-14(12-8-19-21(3)9-12)20-15-7-16-17(6-13(10)15)24-11(2)18(23)22(16)4/h5-9,11H,1-4H3. The first-order valence-corrected chi connectivity index (χ1v) is 7.82. The predicted octanol–water partition coefficient (Wildman–Crippen LogP) is 2.69. The number of likely N-dealkylation sites (N-methyl/N-ethyl adjacent to an activating group) is 1. The van der Waals surface area contributed by atoms with Crippen LogP contribution in [0.3, 0.4) is 0 Å². The molecular weight excluding hydrogens is 304 g/mol. The number of hydrogen-bond acceptors (Lipinski definition) is 4. The summed E-state index contributed by atoms with van der Waals surface area (Å²) < 4.78 is 7.52. The Morgan fingerprint density at radius 3 is 2.71 bits per heavy atom. The van der Waals surface area contributed by atoms with Crippen molar-refractivity contribution in [1.29, 1.82) is 0 Å². The highest BCUT2D eigenvalue weighted by atomic mass is 16.5. The average Bonchev–Trinajstić information content (AvgIpc) is 2.98. The smallest absolute Gasteiger partial charge is 0.267 e. The fourth-order valence-electron chi connectivity index (χ4n) is 3.10. The number of hydrogen-bond donors (Lipinski definition) is 0. The summed E-state index contributed by atoms with van der Waals surface area (Å²) in [5.41, 5.74) is 4.53. The van der Waals surface area contributed by atoms with E-state index in [2.05, 4.69) is 12.0 Å². The van der Waals surface area contributed by atoms with E-state index in [9.17, 15) is 4.79 Å². The summed E-state index contributed by atoms with van der Waals surface area (Å²) in [7, 11) is 3.65. The van der Waals surface area contributed by atoms with E-state index in [4.69, 9.17) is 9.72 Å². The molecule has 6 heteroatoms. The quantitative estimate of drug-likeness (QED) is 0.691. The van der Waals surface area contributed by atoms with Gasteiger partial charge in [0.1, 0.15) is 5.75 Å². The second-order valence-electron chi connectivity index (χ2n) is 6.22. The maximum Gasteiger partial charge on any atom is 0.267 e. The molecule has 1 amide bonds. The Morgan fingerprint density at radius 1 is 1.21 bits per heavy atom. The van der Waals surface area contributed by atoms with Gasteiger partial charge in [-0.3, -0.25) is 9.48 Å². The molecule has 3 aromatic rings. The van der Waals surface area contributed by atoms with E-state index in [1.165, 1.54) is 0 Å². The molecule has 1 aliphatic rings. The van der Waals surface area contributed by atoms with Crippen LogP contribution in [0.25, 0.3) is 22.2 Å². The van der Waals surface area contributed by atoms with Gasteiger partial charge in [0, 0.05) is 31.2 Å². The maximum absolute atomic E-state index is 12.2. The fraction of sp³-hybridized carbons (Fsp3) is 0.278. The fourth-order valence-corrected chi connectivity index (χ4v) is 3.10. The highest BCUT2D eigenvalue weighted by Gasteiger charge is 2.29. The number of rotatable bonds is 1. The highest BCUT2D eigenvalue weighted by molar-refractivity contribution is 6.02. The van der Waals surface area contributed by atoms with Crippen molar-refractivity contribution in [1.82, 2.24) is 14.8 Å². The van der Waals surface area contributed by atoms with Crippen molar-refractivity contribution in [2.75, 3.05) is 11.9 Å². The highest BCUT2D eigenvalue weighted by Crippen LogP contribution is 2.38. The first kappa shape index (κ1) is 14.7. The molecule has 4 rings (SSSR count). The van der Waals surface area contributed by atoms with E-state index in [1.54, 1.807) is 29.7 Å². The molecule has 0 N–H and O–H groups in total. The van der Waals surface area contributed by atoms with Gasteiger partial charge < -0.3 is 9.64 Å². The Morgan fingerprint density at radius 2 is 2.00 bits per heavy atom. The third-order valence-electron chi connectivity index (χ3n) is 4.44. The molecule has 24 heavy (non-hydrogen) atoms. The van der Waals surface area contributed by atoms with Crippen LogP contribution in [0.15, 0.2) is 30.6 Å². The van der Waals surface area contributed by atoms with Crippen LogP contribution in [-0.2, 0) is 11.8 Å². The van der Waals surface area contributed by atoms with E-state index in [0.717, 1.165) is 39.2 Å². The molecular formula is C18H18N4O2. The number of aryl methyl sites for hydroxylation is 2. The largest absolute Gasteiger partial charge is 0.479 e. The van der Waals surface area contributed by atoms with Crippen LogP contribution >= 0.6 is 0 Å². The first-order valence-electron chi connectivity index (χ1n) is 7.82. The summed E-state index contributed by atoms with van der Waals surface area (Å²) in [6.45, 7) is 3.82. The van der Waals surface area contributed by atoms with E-state index < -0.39 is 6.10 Å². The van der Waals surface area contributed by atoms with Gasteiger partial charge in [0.25, 0.3) is 5.91 Å². The number of amides is 1. The van der Waals surface area contributed by atoms with Gasteiger partial charge in [-0.05, 0) is 37.6 Å². The van der Waals surface area contributed by atoms with Crippen LogP contribution in [0.4, 0.5) is 5.69 Å². The summed E-state index contributed by atoms with van der Waals surface area (Å²) in [6.07, 6.45) is 3.27.